The van der Waals surface area contributed by atoms with Gasteiger partial charge >= 0.3 is 0 Å². The monoisotopic (exact) mass is 234 g/mol. The van der Waals surface area contributed by atoms with Crippen LogP contribution in [0.15, 0.2) is 23.1 Å². The van der Waals surface area contributed by atoms with E-state index in [-0.39, 0.29) is 11.5 Å². The molecule has 0 unspecified atom stereocenters. The summed E-state index contributed by atoms with van der Waals surface area (Å²) in [5.74, 6) is -0.0227. The summed E-state index contributed by atoms with van der Waals surface area (Å²) in [4.78, 5) is 27.9. The molecule has 0 aliphatic heterocycles. The first kappa shape index (κ1) is 11.9. The molecule has 0 atom stereocenters. The Hall–Kier alpha value is -1.58. The molecule has 1 heterocycles. The van der Waals surface area contributed by atoms with Crippen molar-refractivity contribution >= 4 is 5.91 Å². The molecule has 0 radical (unpaired) electrons. The third kappa shape index (κ3) is 2.57. The Kier molecular flexibility index (Phi) is 3.61. The van der Waals surface area contributed by atoms with Gasteiger partial charge in [0.15, 0.2) is 0 Å². The van der Waals surface area contributed by atoms with E-state index in [2.05, 4.69) is 4.98 Å². The first-order valence-corrected chi connectivity index (χ1v) is 6.22. The topological polar surface area (TPSA) is 53.2 Å². The van der Waals surface area contributed by atoms with Crippen LogP contribution in [0.3, 0.4) is 0 Å². The maximum Gasteiger partial charge on any atom is 0.254 e. The normalized spacial score (nSPS) is 16.1. The minimum absolute atomic E-state index is 0.0227. The van der Waals surface area contributed by atoms with Crippen LogP contribution < -0.4 is 5.56 Å². The zero-order valence-electron chi connectivity index (χ0n) is 10.1. The lowest BCUT2D eigenvalue weighted by Gasteiger charge is -2.27. The number of nitrogens with zero attached hydrogens (tertiary/aromatic N) is 1. The van der Waals surface area contributed by atoms with Crippen LogP contribution in [0.25, 0.3) is 0 Å². The zero-order valence-corrected chi connectivity index (χ0v) is 10.1. The van der Waals surface area contributed by atoms with Crippen molar-refractivity contribution in [2.75, 3.05) is 6.54 Å². The van der Waals surface area contributed by atoms with Gasteiger partial charge in [-0.15, -0.1) is 0 Å². The van der Waals surface area contributed by atoms with Crippen LogP contribution in [0, 0.1) is 0 Å². The van der Waals surface area contributed by atoms with Gasteiger partial charge in [0.05, 0.1) is 0 Å². The molecule has 0 spiro atoms. The molecule has 0 aromatic carbocycles. The number of carbonyl (C=O) groups is 1. The molecule has 4 heteroatoms. The number of pyridine rings is 1. The van der Waals surface area contributed by atoms with E-state index < -0.39 is 0 Å². The molecule has 17 heavy (non-hydrogen) atoms. The molecule has 0 bridgehead atoms. The van der Waals surface area contributed by atoms with Crippen molar-refractivity contribution in [1.29, 1.82) is 0 Å². The molecule has 1 fully saturated rings. The highest BCUT2D eigenvalue weighted by Gasteiger charge is 2.26. The number of aromatic nitrogens is 1. The van der Waals surface area contributed by atoms with Crippen molar-refractivity contribution < 1.29 is 4.79 Å². The van der Waals surface area contributed by atoms with Gasteiger partial charge in [-0.05, 0) is 25.8 Å². The SMILES string of the molecule is CCN(C(=O)c1cc[nH]c(=O)c1)C1CCCC1. The Morgan fingerprint density at radius 2 is 2.18 bits per heavy atom. The smallest absolute Gasteiger partial charge is 0.254 e. The standard InChI is InChI=1S/C13H18N2O2/c1-2-15(11-5-3-4-6-11)13(17)10-7-8-14-12(16)9-10/h7-9,11H,2-6H2,1H3,(H,14,16). The number of amides is 1. The fourth-order valence-corrected chi connectivity index (χ4v) is 2.53. The first-order chi connectivity index (χ1) is 8.22. The lowest BCUT2D eigenvalue weighted by molar-refractivity contribution is 0.0693. The Bertz CT molecular complexity index is 447. The second kappa shape index (κ2) is 5.17. The average molecular weight is 234 g/mol. The fraction of sp³-hybridized carbons (Fsp3) is 0.538. The van der Waals surface area contributed by atoms with Gasteiger partial charge in [-0.1, -0.05) is 12.8 Å². The summed E-state index contributed by atoms with van der Waals surface area (Å²) < 4.78 is 0. The van der Waals surface area contributed by atoms with Crippen LogP contribution in [0.1, 0.15) is 43.0 Å². The Morgan fingerprint density at radius 1 is 1.47 bits per heavy atom. The molecule has 4 nitrogen and oxygen atoms in total. The molecule has 1 amide bonds. The summed E-state index contributed by atoms with van der Waals surface area (Å²) in [7, 11) is 0. The second-order valence-electron chi connectivity index (χ2n) is 4.47. The quantitative estimate of drug-likeness (QED) is 0.866. The van der Waals surface area contributed by atoms with Crippen LogP contribution in [0.2, 0.25) is 0 Å². The van der Waals surface area contributed by atoms with E-state index in [1.807, 2.05) is 11.8 Å². The number of carbonyl (C=O) groups excluding carboxylic acids is 1. The van der Waals surface area contributed by atoms with E-state index in [1.165, 1.54) is 25.1 Å². The highest BCUT2D eigenvalue weighted by molar-refractivity contribution is 5.94. The molecule has 1 aliphatic carbocycles. The van der Waals surface area contributed by atoms with Gasteiger partial charge in [-0.2, -0.15) is 0 Å². The lowest BCUT2D eigenvalue weighted by atomic mass is 10.1. The number of hydrogen-bond acceptors (Lipinski definition) is 2. The van der Waals surface area contributed by atoms with Gasteiger partial charge in [-0.25, -0.2) is 0 Å². The van der Waals surface area contributed by atoms with Gasteiger partial charge in [0.1, 0.15) is 0 Å². The van der Waals surface area contributed by atoms with E-state index in [0.717, 1.165) is 12.8 Å². The van der Waals surface area contributed by atoms with E-state index in [9.17, 15) is 9.59 Å². The van der Waals surface area contributed by atoms with Gasteiger partial charge < -0.3 is 9.88 Å². The molecular weight excluding hydrogens is 216 g/mol. The maximum absolute atomic E-state index is 12.3. The largest absolute Gasteiger partial charge is 0.336 e. The number of H-pyrrole nitrogens is 1. The van der Waals surface area contributed by atoms with Gasteiger partial charge in [-0.3, -0.25) is 9.59 Å². The minimum atomic E-state index is -0.224. The predicted molar refractivity (Wildman–Crippen MR) is 66.0 cm³/mol. The van der Waals surface area contributed by atoms with Crippen molar-refractivity contribution in [3.05, 3.63) is 34.2 Å². The number of rotatable bonds is 3. The van der Waals surface area contributed by atoms with E-state index in [0.29, 0.717) is 18.2 Å². The van der Waals surface area contributed by atoms with Crippen molar-refractivity contribution in [3.63, 3.8) is 0 Å². The summed E-state index contributed by atoms with van der Waals surface area (Å²) >= 11 is 0. The third-order valence-electron chi connectivity index (χ3n) is 3.39. The van der Waals surface area contributed by atoms with Crippen LogP contribution in [-0.2, 0) is 0 Å². The number of nitrogens with one attached hydrogen (secondary N) is 1. The molecule has 1 aromatic rings. The summed E-state index contributed by atoms with van der Waals surface area (Å²) in [5, 5.41) is 0. The van der Waals surface area contributed by atoms with Crippen molar-refractivity contribution in [2.45, 2.75) is 38.6 Å². The molecule has 1 saturated carbocycles. The average Bonchev–Trinajstić information content (AvgIpc) is 2.83. The molecule has 2 rings (SSSR count). The predicted octanol–water partition coefficient (Wildman–Crippen LogP) is 1.78. The van der Waals surface area contributed by atoms with E-state index in [1.54, 1.807) is 6.07 Å². The van der Waals surface area contributed by atoms with Crippen molar-refractivity contribution in [1.82, 2.24) is 9.88 Å². The molecular formula is C13H18N2O2. The second-order valence-corrected chi connectivity index (χ2v) is 4.47. The molecule has 1 aliphatic rings. The maximum atomic E-state index is 12.3. The third-order valence-corrected chi connectivity index (χ3v) is 3.39. The van der Waals surface area contributed by atoms with E-state index in [4.69, 9.17) is 0 Å². The summed E-state index contributed by atoms with van der Waals surface area (Å²) in [5.41, 5.74) is 0.265. The highest BCUT2D eigenvalue weighted by atomic mass is 16.2. The molecule has 1 aromatic heterocycles. The molecule has 92 valence electrons. The lowest BCUT2D eigenvalue weighted by Crippen LogP contribution is -2.38. The summed E-state index contributed by atoms with van der Waals surface area (Å²) in [6.07, 6.45) is 6.09. The van der Waals surface area contributed by atoms with Crippen LogP contribution >= 0.6 is 0 Å². The highest BCUT2D eigenvalue weighted by Crippen LogP contribution is 2.24. The fourth-order valence-electron chi connectivity index (χ4n) is 2.53. The van der Waals surface area contributed by atoms with Gasteiger partial charge in [0, 0.05) is 30.4 Å². The van der Waals surface area contributed by atoms with Crippen LogP contribution in [-0.4, -0.2) is 28.4 Å². The summed E-state index contributed by atoms with van der Waals surface area (Å²) in [6, 6.07) is 3.40. The van der Waals surface area contributed by atoms with Crippen LogP contribution in [0.4, 0.5) is 0 Å². The van der Waals surface area contributed by atoms with Gasteiger partial charge in [0.25, 0.3) is 5.91 Å². The van der Waals surface area contributed by atoms with Gasteiger partial charge in [0.2, 0.25) is 5.56 Å². The van der Waals surface area contributed by atoms with Crippen LogP contribution in [0.5, 0.6) is 0 Å². The Labute approximate surface area is 101 Å². The minimum Gasteiger partial charge on any atom is -0.336 e. The molecule has 1 N–H and O–H groups in total. The zero-order chi connectivity index (χ0) is 12.3. The van der Waals surface area contributed by atoms with Crippen molar-refractivity contribution in [2.24, 2.45) is 0 Å². The number of aromatic amines is 1. The summed E-state index contributed by atoms with van der Waals surface area (Å²) in [6.45, 7) is 2.69. The molecule has 0 saturated heterocycles. The number of hydrogen-bond donors (Lipinski definition) is 1. The first-order valence-electron chi connectivity index (χ1n) is 6.22. The Morgan fingerprint density at radius 3 is 2.76 bits per heavy atom. The van der Waals surface area contributed by atoms with Crippen molar-refractivity contribution in [3.8, 4) is 0 Å². The van der Waals surface area contributed by atoms with E-state index >= 15 is 0 Å². The Balaban J connectivity index is 2.19.